The lowest BCUT2D eigenvalue weighted by Crippen LogP contribution is -2.26. The van der Waals surface area contributed by atoms with Crippen LogP contribution in [0.2, 0.25) is 0 Å². The van der Waals surface area contributed by atoms with Crippen LogP contribution in [-0.4, -0.2) is 34.1 Å². The highest BCUT2D eigenvalue weighted by Crippen LogP contribution is 2.32. The van der Waals surface area contributed by atoms with Crippen LogP contribution < -0.4 is 10.2 Å². The number of nitrogens with zero attached hydrogens (tertiary/aromatic N) is 3. The van der Waals surface area contributed by atoms with E-state index in [1.54, 1.807) is 6.07 Å². The molecule has 0 saturated carbocycles. The SMILES string of the molecule is CCCN(CCC)c1cnc2cc(CNCC)c(-c3ccc(O)cc3CC)cn12. The summed E-state index contributed by atoms with van der Waals surface area (Å²) in [6.45, 7) is 12.4. The zero-order valence-corrected chi connectivity index (χ0v) is 18.2. The van der Waals surface area contributed by atoms with Crippen molar-refractivity contribution >= 4 is 11.5 Å². The molecule has 0 aliphatic rings. The zero-order valence-electron chi connectivity index (χ0n) is 18.2. The third-order valence-electron chi connectivity index (χ3n) is 5.35. The quantitative estimate of drug-likeness (QED) is 0.508. The molecule has 3 rings (SSSR count). The summed E-state index contributed by atoms with van der Waals surface area (Å²) in [6.07, 6.45) is 7.32. The largest absolute Gasteiger partial charge is 0.508 e. The van der Waals surface area contributed by atoms with Gasteiger partial charge in [0.2, 0.25) is 0 Å². The molecule has 156 valence electrons. The molecule has 1 aromatic carbocycles. The molecule has 0 saturated heterocycles. The summed E-state index contributed by atoms with van der Waals surface area (Å²) >= 11 is 0. The molecule has 3 aromatic rings. The van der Waals surface area contributed by atoms with Crippen LogP contribution in [-0.2, 0) is 13.0 Å². The number of rotatable bonds is 10. The van der Waals surface area contributed by atoms with Crippen molar-refractivity contribution in [1.29, 1.82) is 0 Å². The molecule has 0 spiro atoms. The topological polar surface area (TPSA) is 52.8 Å². The van der Waals surface area contributed by atoms with Crippen molar-refractivity contribution < 1.29 is 5.11 Å². The lowest BCUT2D eigenvalue weighted by atomic mass is 9.95. The molecule has 0 bridgehead atoms. The first-order valence-electron chi connectivity index (χ1n) is 10.9. The fourth-order valence-corrected chi connectivity index (χ4v) is 3.95. The Hall–Kier alpha value is -2.53. The summed E-state index contributed by atoms with van der Waals surface area (Å²) in [5.41, 5.74) is 5.74. The smallest absolute Gasteiger partial charge is 0.138 e. The molecule has 5 nitrogen and oxygen atoms in total. The van der Waals surface area contributed by atoms with E-state index in [4.69, 9.17) is 4.98 Å². The normalized spacial score (nSPS) is 11.3. The number of fused-ring (bicyclic) bond motifs is 1. The van der Waals surface area contributed by atoms with Gasteiger partial charge in [0.1, 0.15) is 17.2 Å². The van der Waals surface area contributed by atoms with Crippen LogP contribution in [0.15, 0.2) is 36.7 Å². The van der Waals surface area contributed by atoms with E-state index in [0.717, 1.165) is 62.5 Å². The molecule has 0 aliphatic carbocycles. The van der Waals surface area contributed by atoms with E-state index in [1.165, 1.54) is 16.7 Å². The Bertz CT molecular complexity index is 941. The third-order valence-corrected chi connectivity index (χ3v) is 5.35. The van der Waals surface area contributed by atoms with E-state index < -0.39 is 0 Å². The van der Waals surface area contributed by atoms with Gasteiger partial charge in [-0.1, -0.05) is 33.8 Å². The second-order valence-electron chi connectivity index (χ2n) is 7.52. The number of aromatic hydroxyl groups is 1. The van der Waals surface area contributed by atoms with E-state index in [-0.39, 0.29) is 0 Å². The molecule has 2 N–H and O–H groups in total. The number of aryl methyl sites for hydroxylation is 1. The fourth-order valence-electron chi connectivity index (χ4n) is 3.95. The number of anilines is 1. The molecular formula is C24H34N4O. The Balaban J connectivity index is 2.19. The summed E-state index contributed by atoms with van der Waals surface area (Å²) in [5, 5.41) is 13.4. The number of benzene rings is 1. The van der Waals surface area contributed by atoms with E-state index in [0.29, 0.717) is 5.75 Å². The predicted molar refractivity (Wildman–Crippen MR) is 122 cm³/mol. The van der Waals surface area contributed by atoms with E-state index in [9.17, 15) is 5.11 Å². The van der Waals surface area contributed by atoms with E-state index >= 15 is 0 Å². The van der Waals surface area contributed by atoms with Crippen molar-refractivity contribution in [2.45, 2.75) is 53.5 Å². The average molecular weight is 395 g/mol. The molecule has 0 fully saturated rings. The molecule has 0 radical (unpaired) electrons. The summed E-state index contributed by atoms with van der Waals surface area (Å²) < 4.78 is 2.22. The summed E-state index contributed by atoms with van der Waals surface area (Å²) in [7, 11) is 0. The lowest BCUT2D eigenvalue weighted by Gasteiger charge is -2.23. The van der Waals surface area contributed by atoms with Crippen LogP contribution in [0.1, 0.15) is 51.7 Å². The van der Waals surface area contributed by atoms with Crippen molar-refractivity contribution in [2.75, 3.05) is 24.5 Å². The highest BCUT2D eigenvalue weighted by Gasteiger charge is 2.16. The van der Waals surface area contributed by atoms with Gasteiger partial charge in [-0.25, -0.2) is 4.98 Å². The van der Waals surface area contributed by atoms with Crippen molar-refractivity contribution in [1.82, 2.24) is 14.7 Å². The minimum Gasteiger partial charge on any atom is -0.508 e. The minimum atomic E-state index is 0.320. The maximum absolute atomic E-state index is 9.97. The van der Waals surface area contributed by atoms with Crippen molar-refractivity contribution in [3.63, 3.8) is 0 Å². The first kappa shape index (κ1) is 21.2. The van der Waals surface area contributed by atoms with E-state index in [2.05, 4.69) is 54.6 Å². The maximum Gasteiger partial charge on any atom is 0.138 e. The summed E-state index contributed by atoms with van der Waals surface area (Å²) in [5.74, 6) is 1.47. The molecule has 0 aliphatic heterocycles. The van der Waals surface area contributed by atoms with Gasteiger partial charge in [0, 0.05) is 31.4 Å². The Labute approximate surface area is 174 Å². The highest BCUT2D eigenvalue weighted by atomic mass is 16.3. The number of hydrogen-bond donors (Lipinski definition) is 2. The first-order chi connectivity index (χ1) is 14.1. The van der Waals surface area contributed by atoms with Crippen LogP contribution in [0, 0.1) is 0 Å². The Morgan fingerprint density at radius 3 is 2.41 bits per heavy atom. The maximum atomic E-state index is 9.97. The van der Waals surface area contributed by atoms with Gasteiger partial charge in [-0.3, -0.25) is 4.40 Å². The molecule has 2 aromatic heterocycles. The zero-order chi connectivity index (χ0) is 20.8. The molecule has 0 unspecified atom stereocenters. The number of hydrogen-bond acceptors (Lipinski definition) is 4. The predicted octanol–water partition coefficient (Wildman–Crippen LogP) is 5.01. The lowest BCUT2D eigenvalue weighted by molar-refractivity contribution is 0.474. The van der Waals surface area contributed by atoms with Gasteiger partial charge >= 0.3 is 0 Å². The Kier molecular flexibility index (Phi) is 7.15. The monoisotopic (exact) mass is 394 g/mol. The van der Waals surface area contributed by atoms with Crippen molar-refractivity contribution in [3.8, 4) is 16.9 Å². The molecule has 5 heteroatoms. The Morgan fingerprint density at radius 2 is 1.76 bits per heavy atom. The minimum absolute atomic E-state index is 0.320. The molecular weight excluding hydrogens is 360 g/mol. The number of nitrogens with one attached hydrogen (secondary N) is 1. The number of phenolic OH excluding ortho intramolecular Hbond substituents is 1. The second-order valence-corrected chi connectivity index (χ2v) is 7.52. The third kappa shape index (κ3) is 4.56. The van der Waals surface area contributed by atoms with Crippen LogP contribution in [0.25, 0.3) is 16.8 Å². The molecule has 0 amide bonds. The molecule has 0 atom stereocenters. The standard InChI is InChI=1S/C24H34N4O/c1-5-11-27(12-6-2)24-16-26-23-14-19(15-25-8-4)22(17-28(23)24)21-10-9-20(29)13-18(21)7-3/h9-10,13-14,16-17,25,29H,5-8,11-12,15H2,1-4H3. The number of pyridine rings is 1. The van der Waals surface area contributed by atoms with Gasteiger partial charge in [0.25, 0.3) is 0 Å². The van der Waals surface area contributed by atoms with Crippen molar-refractivity contribution in [2.24, 2.45) is 0 Å². The fraction of sp³-hybridized carbons (Fsp3) is 0.458. The number of phenols is 1. The van der Waals surface area contributed by atoms with E-state index in [1.807, 2.05) is 18.3 Å². The van der Waals surface area contributed by atoms with Crippen LogP contribution in [0.4, 0.5) is 5.82 Å². The average Bonchev–Trinajstić information content (AvgIpc) is 3.14. The van der Waals surface area contributed by atoms with Gasteiger partial charge in [-0.05, 0) is 60.7 Å². The second kappa shape index (κ2) is 9.79. The van der Waals surface area contributed by atoms with Gasteiger partial charge in [0.05, 0.1) is 6.20 Å². The molecule has 2 heterocycles. The summed E-state index contributed by atoms with van der Waals surface area (Å²) in [4.78, 5) is 7.14. The highest BCUT2D eigenvalue weighted by molar-refractivity contribution is 5.74. The van der Waals surface area contributed by atoms with Crippen molar-refractivity contribution in [3.05, 3.63) is 47.8 Å². The first-order valence-corrected chi connectivity index (χ1v) is 10.9. The van der Waals surface area contributed by atoms with Gasteiger partial charge < -0.3 is 15.3 Å². The van der Waals surface area contributed by atoms with Crippen LogP contribution in [0.3, 0.4) is 0 Å². The van der Waals surface area contributed by atoms with Gasteiger partial charge in [0.15, 0.2) is 0 Å². The Morgan fingerprint density at radius 1 is 1.00 bits per heavy atom. The summed E-state index contributed by atoms with van der Waals surface area (Å²) in [6, 6.07) is 7.90. The van der Waals surface area contributed by atoms with Crippen LogP contribution in [0.5, 0.6) is 5.75 Å². The number of imidazole rings is 1. The molecule has 29 heavy (non-hydrogen) atoms. The van der Waals surface area contributed by atoms with Gasteiger partial charge in [-0.15, -0.1) is 0 Å². The van der Waals surface area contributed by atoms with Gasteiger partial charge in [-0.2, -0.15) is 0 Å². The van der Waals surface area contributed by atoms with Crippen LogP contribution >= 0.6 is 0 Å². The number of aromatic nitrogens is 2.